The van der Waals surface area contributed by atoms with Crippen LogP contribution in [0, 0.1) is 0 Å². The summed E-state index contributed by atoms with van der Waals surface area (Å²) in [7, 11) is 0. The summed E-state index contributed by atoms with van der Waals surface area (Å²) in [6, 6.07) is 12.9. The second kappa shape index (κ2) is 6.29. The number of benzene rings is 1. The normalized spacial score (nSPS) is 10.3. The number of carbonyl (C=O) groups is 2. The van der Waals surface area contributed by atoms with Gasteiger partial charge in [0, 0.05) is 23.5 Å². The number of rotatable bonds is 4. The van der Waals surface area contributed by atoms with Crippen molar-refractivity contribution >= 4 is 11.9 Å². The number of hydrogen-bond acceptors (Lipinski definition) is 4. The largest absolute Gasteiger partial charge is 0.478 e. The van der Waals surface area contributed by atoms with Gasteiger partial charge in [-0.15, -0.1) is 0 Å². The predicted octanol–water partition coefficient (Wildman–Crippen LogP) is 3.21. The Bertz CT molecular complexity index is 844. The maximum Gasteiger partial charge on any atom is 0.337 e. The van der Waals surface area contributed by atoms with Crippen LogP contribution >= 0.6 is 0 Å². The molecule has 0 atom stereocenters. The van der Waals surface area contributed by atoms with Crippen molar-refractivity contribution in [1.82, 2.24) is 9.97 Å². The number of aromatic nitrogens is 2. The van der Waals surface area contributed by atoms with E-state index in [1.807, 2.05) is 0 Å². The van der Waals surface area contributed by atoms with Gasteiger partial charge in [0.25, 0.3) is 0 Å². The second-order valence-corrected chi connectivity index (χ2v) is 4.99. The Morgan fingerprint density at radius 2 is 1.04 bits per heavy atom. The average Bonchev–Trinajstić information content (AvgIpc) is 2.62. The van der Waals surface area contributed by atoms with Gasteiger partial charge in [-0.2, -0.15) is 0 Å². The van der Waals surface area contributed by atoms with Crippen molar-refractivity contribution < 1.29 is 19.8 Å². The number of nitrogens with zero attached hydrogens (tertiary/aromatic N) is 2. The summed E-state index contributed by atoms with van der Waals surface area (Å²) in [6.07, 6.45) is 3.05. The van der Waals surface area contributed by atoms with E-state index in [4.69, 9.17) is 0 Å². The fourth-order valence-corrected chi connectivity index (χ4v) is 2.40. The van der Waals surface area contributed by atoms with Crippen LogP contribution in [0.25, 0.3) is 22.5 Å². The van der Waals surface area contributed by atoms with Gasteiger partial charge in [0.2, 0.25) is 0 Å². The van der Waals surface area contributed by atoms with Gasteiger partial charge in [0.1, 0.15) is 0 Å². The van der Waals surface area contributed by atoms with Gasteiger partial charge in [-0.25, -0.2) is 9.59 Å². The molecule has 1 aromatic carbocycles. The molecular formula is C18H12N2O4. The molecule has 0 radical (unpaired) electrons. The Morgan fingerprint density at radius 1 is 0.667 bits per heavy atom. The molecule has 0 saturated carbocycles. The third kappa shape index (κ3) is 2.85. The Labute approximate surface area is 137 Å². The lowest BCUT2D eigenvalue weighted by atomic mass is 10.0. The average molecular weight is 320 g/mol. The van der Waals surface area contributed by atoms with Crippen molar-refractivity contribution in [2.75, 3.05) is 0 Å². The fourth-order valence-electron chi connectivity index (χ4n) is 2.40. The molecule has 6 heteroatoms. The van der Waals surface area contributed by atoms with Crippen LogP contribution in [0.3, 0.4) is 0 Å². The number of carboxylic acids is 2. The maximum absolute atomic E-state index is 11.3. The van der Waals surface area contributed by atoms with Crippen molar-refractivity contribution in [3.63, 3.8) is 0 Å². The Balaban J connectivity index is 2.04. The van der Waals surface area contributed by atoms with Gasteiger partial charge < -0.3 is 10.2 Å². The van der Waals surface area contributed by atoms with Crippen molar-refractivity contribution in [2.24, 2.45) is 0 Å². The summed E-state index contributed by atoms with van der Waals surface area (Å²) in [5.41, 5.74) is 2.18. The van der Waals surface area contributed by atoms with Gasteiger partial charge in [0.15, 0.2) is 0 Å². The monoisotopic (exact) mass is 320 g/mol. The van der Waals surface area contributed by atoms with Crippen LogP contribution in [0.2, 0.25) is 0 Å². The molecule has 0 aliphatic carbocycles. The molecule has 2 N–H and O–H groups in total. The third-order valence-corrected chi connectivity index (χ3v) is 3.51. The topological polar surface area (TPSA) is 100 Å². The molecule has 0 bridgehead atoms. The minimum absolute atomic E-state index is 0.106. The summed E-state index contributed by atoms with van der Waals surface area (Å²) in [4.78, 5) is 30.8. The summed E-state index contributed by atoms with van der Waals surface area (Å²) in [6.45, 7) is 0. The highest BCUT2D eigenvalue weighted by atomic mass is 16.4. The molecule has 2 aromatic heterocycles. The molecule has 0 aliphatic heterocycles. The van der Waals surface area contributed by atoms with Gasteiger partial charge >= 0.3 is 11.9 Å². The zero-order valence-electron chi connectivity index (χ0n) is 12.4. The highest BCUT2D eigenvalue weighted by Crippen LogP contribution is 2.26. The first-order valence-electron chi connectivity index (χ1n) is 7.05. The molecule has 118 valence electrons. The summed E-state index contributed by atoms with van der Waals surface area (Å²) in [5.74, 6) is -2.11. The summed E-state index contributed by atoms with van der Waals surface area (Å²) >= 11 is 0. The first-order valence-corrected chi connectivity index (χ1v) is 7.05. The smallest absolute Gasteiger partial charge is 0.337 e. The molecule has 3 rings (SSSR count). The molecule has 2 heterocycles. The van der Waals surface area contributed by atoms with Crippen LogP contribution in [0.5, 0.6) is 0 Å². The lowest BCUT2D eigenvalue weighted by Gasteiger charge is -2.08. The molecule has 0 aliphatic rings. The fraction of sp³-hybridized carbons (Fsp3) is 0. The van der Waals surface area contributed by atoms with Crippen molar-refractivity contribution in [3.8, 4) is 22.5 Å². The number of aromatic carboxylic acids is 2. The molecular weight excluding hydrogens is 308 g/mol. The molecule has 0 amide bonds. The van der Waals surface area contributed by atoms with Crippen molar-refractivity contribution in [1.29, 1.82) is 0 Å². The maximum atomic E-state index is 11.3. The number of pyridine rings is 2. The summed E-state index contributed by atoms with van der Waals surface area (Å²) in [5, 5.41) is 18.5. The third-order valence-electron chi connectivity index (χ3n) is 3.51. The van der Waals surface area contributed by atoms with E-state index in [0.717, 1.165) is 0 Å². The highest BCUT2D eigenvalue weighted by Gasteiger charge is 2.15. The van der Waals surface area contributed by atoms with Crippen LogP contribution in [0.15, 0.2) is 60.9 Å². The molecule has 6 nitrogen and oxygen atoms in total. The van der Waals surface area contributed by atoms with Crippen LogP contribution in [0.1, 0.15) is 20.7 Å². The van der Waals surface area contributed by atoms with E-state index in [2.05, 4.69) is 9.97 Å². The molecule has 0 saturated heterocycles. The van der Waals surface area contributed by atoms with Crippen molar-refractivity contribution in [3.05, 3.63) is 72.1 Å². The molecule has 0 fully saturated rings. The zero-order valence-corrected chi connectivity index (χ0v) is 12.4. The summed E-state index contributed by atoms with van der Waals surface area (Å²) < 4.78 is 0. The first-order chi connectivity index (χ1) is 11.6. The Morgan fingerprint density at radius 3 is 1.38 bits per heavy atom. The standard InChI is InChI=1S/C18H12N2O4/c21-17(22)13-3-1-9-19-15(13)11-5-7-12(8-6-11)16-14(18(23)24)4-2-10-20-16/h1-10H,(H,21,22)(H,23,24). The SMILES string of the molecule is O=C(O)c1cccnc1-c1ccc(-c2ncccc2C(=O)O)cc1. The quantitative estimate of drug-likeness (QED) is 0.765. The van der Waals surface area contributed by atoms with Gasteiger partial charge in [-0.3, -0.25) is 9.97 Å². The Kier molecular flexibility index (Phi) is 4.03. The van der Waals surface area contributed by atoms with E-state index in [0.29, 0.717) is 22.5 Å². The van der Waals surface area contributed by atoms with Crippen LogP contribution in [0.4, 0.5) is 0 Å². The van der Waals surface area contributed by atoms with Gasteiger partial charge in [-0.1, -0.05) is 24.3 Å². The second-order valence-electron chi connectivity index (χ2n) is 4.99. The molecule has 0 unspecified atom stereocenters. The first kappa shape index (κ1) is 15.4. The molecule has 0 spiro atoms. The predicted molar refractivity (Wildman–Crippen MR) is 86.8 cm³/mol. The van der Waals surface area contributed by atoms with Crippen LogP contribution in [-0.2, 0) is 0 Å². The van der Waals surface area contributed by atoms with E-state index in [-0.39, 0.29) is 11.1 Å². The van der Waals surface area contributed by atoms with Crippen LogP contribution < -0.4 is 0 Å². The minimum atomic E-state index is -1.06. The number of carboxylic acid groups (broad SMARTS) is 2. The van der Waals surface area contributed by atoms with Gasteiger partial charge in [-0.05, 0) is 24.3 Å². The minimum Gasteiger partial charge on any atom is -0.478 e. The lowest BCUT2D eigenvalue weighted by molar-refractivity contribution is 0.0686. The lowest BCUT2D eigenvalue weighted by Crippen LogP contribution is -2.02. The highest BCUT2D eigenvalue weighted by molar-refractivity contribution is 5.96. The van der Waals surface area contributed by atoms with E-state index in [1.54, 1.807) is 36.4 Å². The van der Waals surface area contributed by atoms with Gasteiger partial charge in [0.05, 0.1) is 22.5 Å². The van der Waals surface area contributed by atoms with E-state index < -0.39 is 11.9 Å². The Hall–Kier alpha value is -3.54. The van der Waals surface area contributed by atoms with E-state index >= 15 is 0 Å². The number of hydrogen-bond donors (Lipinski definition) is 2. The van der Waals surface area contributed by atoms with Crippen molar-refractivity contribution in [2.45, 2.75) is 0 Å². The molecule has 24 heavy (non-hydrogen) atoms. The molecule has 3 aromatic rings. The van der Waals surface area contributed by atoms with E-state index in [1.165, 1.54) is 24.5 Å². The van der Waals surface area contributed by atoms with E-state index in [9.17, 15) is 19.8 Å². The zero-order chi connectivity index (χ0) is 17.1. The van der Waals surface area contributed by atoms with Crippen LogP contribution in [-0.4, -0.2) is 32.1 Å².